The Morgan fingerprint density at radius 1 is 1.04 bits per heavy atom. The van der Waals surface area contributed by atoms with Crippen molar-refractivity contribution in [2.75, 3.05) is 0 Å². The molecular formula is C20H19Cl2N3O2. The lowest BCUT2D eigenvalue weighted by atomic mass is 10.00. The molecule has 0 fully saturated rings. The number of nitro groups is 1. The van der Waals surface area contributed by atoms with Crippen LogP contribution in [0.25, 0.3) is 0 Å². The molecule has 0 spiro atoms. The van der Waals surface area contributed by atoms with Gasteiger partial charge in [0.2, 0.25) is 5.17 Å². The fraction of sp³-hybridized carbons (Fsp3) is 0.250. The molecule has 3 rings (SSSR count). The summed E-state index contributed by atoms with van der Waals surface area (Å²) < 4.78 is 0. The van der Waals surface area contributed by atoms with Crippen LogP contribution < -0.4 is 0 Å². The van der Waals surface area contributed by atoms with Crippen LogP contribution in [0.15, 0.2) is 77.1 Å². The Hall–Kier alpha value is -2.37. The van der Waals surface area contributed by atoms with Crippen molar-refractivity contribution in [3.8, 4) is 0 Å². The van der Waals surface area contributed by atoms with E-state index in [-0.39, 0.29) is 16.8 Å². The van der Waals surface area contributed by atoms with Gasteiger partial charge in [-0.25, -0.2) is 4.99 Å². The monoisotopic (exact) mass is 403 g/mol. The molecule has 2 atom stereocenters. The molecule has 27 heavy (non-hydrogen) atoms. The minimum absolute atomic E-state index is 0.153. The maximum Gasteiger partial charge on any atom is 0.325 e. The van der Waals surface area contributed by atoms with Crippen LogP contribution in [-0.2, 0) is 13.1 Å². The predicted octanol–water partition coefficient (Wildman–Crippen LogP) is 5.03. The molecule has 1 aliphatic rings. The first kappa shape index (κ1) is 19.4. The van der Waals surface area contributed by atoms with Crippen LogP contribution in [0.1, 0.15) is 18.1 Å². The van der Waals surface area contributed by atoms with Gasteiger partial charge in [-0.1, -0.05) is 90.8 Å². The summed E-state index contributed by atoms with van der Waals surface area (Å²) in [7, 11) is 0. The molecule has 0 radical (unpaired) electrons. The van der Waals surface area contributed by atoms with Crippen LogP contribution in [0, 0.1) is 16.0 Å². The number of hydrogen-bond donors (Lipinski definition) is 0. The zero-order chi connectivity index (χ0) is 19.4. The maximum atomic E-state index is 11.7. The lowest BCUT2D eigenvalue weighted by Crippen LogP contribution is -2.35. The van der Waals surface area contributed by atoms with E-state index in [0.717, 1.165) is 11.1 Å². The van der Waals surface area contributed by atoms with Gasteiger partial charge < -0.3 is 4.90 Å². The van der Waals surface area contributed by atoms with Gasteiger partial charge in [0.25, 0.3) is 0 Å². The van der Waals surface area contributed by atoms with E-state index in [1.54, 1.807) is 0 Å². The molecule has 2 aromatic rings. The van der Waals surface area contributed by atoms with Gasteiger partial charge in [-0.15, -0.1) is 0 Å². The molecule has 2 aromatic carbocycles. The zero-order valence-corrected chi connectivity index (χ0v) is 16.3. The normalized spacial score (nSPS) is 19.6. The molecule has 0 amide bonds. The third-order valence-corrected chi connectivity index (χ3v) is 5.23. The molecule has 7 heteroatoms. The van der Waals surface area contributed by atoms with Crippen LogP contribution in [-0.4, -0.2) is 20.5 Å². The van der Waals surface area contributed by atoms with Crippen molar-refractivity contribution in [3.05, 3.63) is 93.3 Å². The molecule has 5 nitrogen and oxygen atoms in total. The first-order valence-electron chi connectivity index (χ1n) is 8.56. The van der Waals surface area contributed by atoms with Crippen molar-refractivity contribution >= 4 is 28.4 Å². The number of halogens is 2. The Morgan fingerprint density at radius 3 is 1.96 bits per heavy atom. The van der Waals surface area contributed by atoms with Crippen LogP contribution in [0.5, 0.6) is 0 Å². The third kappa shape index (κ3) is 4.49. The molecule has 0 aliphatic carbocycles. The van der Waals surface area contributed by atoms with Crippen LogP contribution in [0.4, 0.5) is 0 Å². The van der Waals surface area contributed by atoms with E-state index >= 15 is 0 Å². The van der Waals surface area contributed by atoms with Gasteiger partial charge in [-0.2, -0.15) is 0 Å². The summed E-state index contributed by atoms with van der Waals surface area (Å²) in [5, 5.41) is 11.6. The average Bonchev–Trinajstić information content (AvgIpc) is 2.65. The lowest BCUT2D eigenvalue weighted by Gasteiger charge is -2.33. The van der Waals surface area contributed by atoms with Crippen molar-refractivity contribution in [2.45, 2.75) is 25.5 Å². The highest BCUT2D eigenvalue weighted by Crippen LogP contribution is 2.34. The number of alkyl halides is 1. The van der Waals surface area contributed by atoms with Gasteiger partial charge in [0.15, 0.2) is 0 Å². The Balaban J connectivity index is 2.07. The highest BCUT2D eigenvalue weighted by atomic mass is 35.5. The SMILES string of the molecule is CC1C(N(Cc2ccccc2)Cc2ccccc2)=C([N+](=O)[O-])C(Cl)=NC1Cl. The number of rotatable bonds is 6. The van der Waals surface area contributed by atoms with E-state index in [1.165, 1.54) is 0 Å². The van der Waals surface area contributed by atoms with E-state index in [2.05, 4.69) is 4.99 Å². The van der Waals surface area contributed by atoms with Gasteiger partial charge in [-0.3, -0.25) is 10.1 Å². The average molecular weight is 404 g/mol. The van der Waals surface area contributed by atoms with E-state index in [1.807, 2.05) is 72.5 Å². The van der Waals surface area contributed by atoms with Crippen LogP contribution >= 0.6 is 23.2 Å². The van der Waals surface area contributed by atoms with Crippen molar-refractivity contribution in [1.29, 1.82) is 0 Å². The van der Waals surface area contributed by atoms with Crippen molar-refractivity contribution in [2.24, 2.45) is 10.9 Å². The summed E-state index contributed by atoms with van der Waals surface area (Å²) in [4.78, 5) is 17.3. The quantitative estimate of drug-likeness (QED) is 0.294. The second-order valence-corrected chi connectivity index (χ2v) is 7.20. The number of hydrogen-bond acceptors (Lipinski definition) is 4. The molecule has 0 saturated heterocycles. The standard InChI is InChI=1S/C20H19Cl2N3O2/c1-14-17(18(25(26)27)20(22)23-19(14)21)24(12-15-8-4-2-5-9-15)13-16-10-6-3-7-11-16/h2-11,14,19H,12-13H2,1H3. The van der Waals surface area contributed by atoms with Gasteiger partial charge in [-0.05, 0) is 11.1 Å². The van der Waals surface area contributed by atoms with E-state index in [9.17, 15) is 10.1 Å². The molecule has 0 saturated carbocycles. The minimum Gasteiger partial charge on any atom is -0.360 e. The topological polar surface area (TPSA) is 58.7 Å². The van der Waals surface area contributed by atoms with E-state index < -0.39 is 10.4 Å². The Labute approximate surface area is 168 Å². The molecule has 0 bridgehead atoms. The summed E-state index contributed by atoms with van der Waals surface area (Å²) in [5.74, 6) is -0.345. The largest absolute Gasteiger partial charge is 0.360 e. The lowest BCUT2D eigenvalue weighted by molar-refractivity contribution is -0.417. The molecular weight excluding hydrogens is 385 g/mol. The Kier molecular flexibility index (Phi) is 6.14. The molecule has 1 aliphatic heterocycles. The second-order valence-electron chi connectivity index (χ2n) is 6.40. The van der Waals surface area contributed by atoms with Gasteiger partial charge in [0.1, 0.15) is 11.2 Å². The summed E-state index contributed by atoms with van der Waals surface area (Å²) in [5.41, 5.74) is 1.77. The smallest absolute Gasteiger partial charge is 0.325 e. The Morgan fingerprint density at radius 2 is 1.52 bits per heavy atom. The molecule has 2 unspecified atom stereocenters. The summed E-state index contributed by atoms with van der Waals surface area (Å²) in [6.07, 6.45) is 0. The summed E-state index contributed by atoms with van der Waals surface area (Å²) in [6.45, 7) is 2.84. The number of benzene rings is 2. The fourth-order valence-corrected chi connectivity index (χ4v) is 3.71. The summed E-state index contributed by atoms with van der Waals surface area (Å²) in [6, 6.07) is 19.6. The molecule has 140 valence electrons. The third-order valence-electron chi connectivity index (χ3n) is 4.47. The fourth-order valence-electron chi connectivity index (χ4n) is 3.17. The van der Waals surface area contributed by atoms with Crippen LogP contribution in [0.2, 0.25) is 0 Å². The highest BCUT2D eigenvalue weighted by Gasteiger charge is 2.38. The van der Waals surface area contributed by atoms with Gasteiger partial charge in [0.05, 0.1) is 4.92 Å². The number of aliphatic imine (C=N–C) groups is 1. The highest BCUT2D eigenvalue weighted by molar-refractivity contribution is 6.69. The first-order valence-corrected chi connectivity index (χ1v) is 9.38. The van der Waals surface area contributed by atoms with Crippen molar-refractivity contribution in [1.82, 2.24) is 4.90 Å². The number of allylic oxidation sites excluding steroid dienone is 1. The number of dihydropyridines is 1. The van der Waals surface area contributed by atoms with E-state index in [4.69, 9.17) is 23.2 Å². The van der Waals surface area contributed by atoms with Crippen molar-refractivity contribution < 1.29 is 4.92 Å². The predicted molar refractivity (Wildman–Crippen MR) is 108 cm³/mol. The molecule has 0 N–H and O–H groups in total. The first-order chi connectivity index (χ1) is 13.0. The maximum absolute atomic E-state index is 11.7. The van der Waals surface area contributed by atoms with Gasteiger partial charge >= 0.3 is 5.70 Å². The van der Waals surface area contributed by atoms with Gasteiger partial charge in [0, 0.05) is 19.0 Å². The minimum atomic E-state index is -0.648. The molecule has 1 heterocycles. The zero-order valence-electron chi connectivity index (χ0n) is 14.8. The number of nitrogens with zero attached hydrogens (tertiary/aromatic N) is 3. The van der Waals surface area contributed by atoms with E-state index in [0.29, 0.717) is 18.8 Å². The Bertz CT molecular complexity index is 828. The second kappa shape index (κ2) is 8.55. The van der Waals surface area contributed by atoms with Crippen molar-refractivity contribution in [3.63, 3.8) is 0 Å². The van der Waals surface area contributed by atoms with Crippen LogP contribution in [0.3, 0.4) is 0 Å². The molecule has 0 aromatic heterocycles. The summed E-state index contributed by atoms with van der Waals surface area (Å²) >= 11 is 12.4.